The number of hydrazone groups is 1. The minimum Gasteiger partial charge on any atom is -0.467 e. The number of furan rings is 1. The van der Waals surface area contributed by atoms with Gasteiger partial charge in [0.25, 0.3) is 0 Å². The van der Waals surface area contributed by atoms with E-state index in [0.29, 0.717) is 23.1 Å². The maximum absolute atomic E-state index is 11.6. The molecule has 0 spiro atoms. The first-order valence-electron chi connectivity index (χ1n) is 11.9. The summed E-state index contributed by atoms with van der Waals surface area (Å²) in [4.78, 5) is 9.83. The summed E-state index contributed by atoms with van der Waals surface area (Å²) in [6.45, 7) is 0. The Hall–Kier alpha value is -4.21. The van der Waals surface area contributed by atoms with E-state index in [9.17, 15) is 8.42 Å². The quantitative estimate of drug-likeness (QED) is 0.271. The van der Waals surface area contributed by atoms with Gasteiger partial charge < -0.3 is 4.42 Å². The van der Waals surface area contributed by atoms with Crippen molar-refractivity contribution in [1.82, 2.24) is 9.97 Å². The number of nitrogens with one attached hydrogen (secondary N) is 1. The summed E-state index contributed by atoms with van der Waals surface area (Å²) in [5.74, 6) is 1.17. The third kappa shape index (κ3) is 4.85. The minimum atomic E-state index is -3.37. The van der Waals surface area contributed by atoms with Gasteiger partial charge in [-0.05, 0) is 48.0 Å². The van der Waals surface area contributed by atoms with Gasteiger partial charge in [0.05, 0.1) is 29.4 Å². The molecular weight excluding hydrogens is 522 g/mol. The summed E-state index contributed by atoms with van der Waals surface area (Å²) in [6, 6.07) is 26.1. The molecule has 0 aliphatic carbocycles. The van der Waals surface area contributed by atoms with Crippen molar-refractivity contribution >= 4 is 49.9 Å². The lowest BCUT2D eigenvalue weighted by atomic mass is 10.0. The average Bonchev–Trinajstić information content (AvgIpc) is 3.59. The Morgan fingerprint density at radius 1 is 0.947 bits per heavy atom. The Bertz CT molecular complexity index is 1760. The first kappa shape index (κ1) is 24.1. The van der Waals surface area contributed by atoms with Crippen molar-refractivity contribution in [3.63, 3.8) is 0 Å². The van der Waals surface area contributed by atoms with Crippen molar-refractivity contribution in [1.29, 1.82) is 0 Å². The highest BCUT2D eigenvalue weighted by molar-refractivity contribution is 7.92. The van der Waals surface area contributed by atoms with E-state index in [1.807, 2.05) is 72.8 Å². The molecule has 5 aromatic rings. The van der Waals surface area contributed by atoms with Crippen molar-refractivity contribution in [3.05, 3.63) is 108 Å². The topological polar surface area (TPSA) is 101 Å². The number of halogens is 1. The molecule has 8 nitrogen and oxygen atoms in total. The van der Waals surface area contributed by atoms with Gasteiger partial charge in [0.15, 0.2) is 0 Å². The Labute approximate surface area is 224 Å². The van der Waals surface area contributed by atoms with Crippen LogP contribution in [0, 0.1) is 0 Å². The highest BCUT2D eigenvalue weighted by atomic mass is 35.5. The second-order valence-corrected chi connectivity index (χ2v) is 11.2. The average molecular weight is 544 g/mol. The molecule has 190 valence electrons. The summed E-state index contributed by atoms with van der Waals surface area (Å²) in [5, 5.41) is 8.17. The molecule has 3 heterocycles. The molecule has 0 saturated heterocycles. The second kappa shape index (κ2) is 9.59. The number of nitrogens with zero attached hydrogens (tertiary/aromatic N) is 4. The van der Waals surface area contributed by atoms with Crippen LogP contribution in [0.1, 0.15) is 23.8 Å². The highest BCUT2D eigenvalue weighted by Crippen LogP contribution is 2.38. The van der Waals surface area contributed by atoms with E-state index in [1.165, 1.54) is 0 Å². The largest absolute Gasteiger partial charge is 0.467 e. The van der Waals surface area contributed by atoms with Gasteiger partial charge in [0, 0.05) is 28.1 Å². The summed E-state index contributed by atoms with van der Waals surface area (Å²) in [6.07, 6.45) is 3.31. The van der Waals surface area contributed by atoms with Crippen molar-refractivity contribution in [2.24, 2.45) is 5.10 Å². The standard InChI is InChI=1S/C28H22ClN5O3S/c1-38(35,36)33-21-12-9-18(10-13-21)24-17-25(26-8-5-15-37-26)34(32-24)28-30-23-14-11-20(29)16-22(23)27(31-28)19-6-3-2-4-7-19/h2-16,25,33H,17H2,1H3. The van der Waals surface area contributed by atoms with E-state index >= 15 is 0 Å². The lowest BCUT2D eigenvalue weighted by molar-refractivity contribution is 0.463. The maximum Gasteiger partial charge on any atom is 0.248 e. The molecule has 0 bridgehead atoms. The number of benzene rings is 3. The molecule has 1 N–H and O–H groups in total. The predicted molar refractivity (Wildman–Crippen MR) is 150 cm³/mol. The molecule has 0 fully saturated rings. The molecule has 1 aliphatic rings. The van der Waals surface area contributed by atoms with E-state index in [2.05, 4.69) is 4.72 Å². The Morgan fingerprint density at radius 3 is 2.45 bits per heavy atom. The highest BCUT2D eigenvalue weighted by Gasteiger charge is 2.34. The van der Waals surface area contributed by atoms with Gasteiger partial charge in [0.1, 0.15) is 11.8 Å². The number of aromatic nitrogens is 2. The van der Waals surface area contributed by atoms with E-state index in [-0.39, 0.29) is 6.04 Å². The second-order valence-electron chi connectivity index (χ2n) is 8.98. The molecule has 38 heavy (non-hydrogen) atoms. The zero-order valence-corrected chi connectivity index (χ0v) is 21.8. The molecular formula is C28H22ClN5O3S. The summed E-state index contributed by atoms with van der Waals surface area (Å²) in [7, 11) is -3.37. The number of anilines is 2. The van der Waals surface area contributed by atoms with Crippen LogP contribution in [0.15, 0.2) is 101 Å². The maximum atomic E-state index is 11.6. The number of rotatable bonds is 6. The van der Waals surface area contributed by atoms with Gasteiger partial charge in [0.2, 0.25) is 16.0 Å². The molecule has 1 aliphatic heterocycles. The monoisotopic (exact) mass is 543 g/mol. The number of sulfonamides is 1. The van der Waals surface area contributed by atoms with Gasteiger partial charge in [-0.1, -0.05) is 54.1 Å². The molecule has 10 heteroatoms. The molecule has 1 unspecified atom stereocenters. The van der Waals surface area contributed by atoms with E-state index < -0.39 is 10.0 Å². The van der Waals surface area contributed by atoms with Crippen molar-refractivity contribution in [3.8, 4) is 11.3 Å². The Balaban J connectivity index is 1.46. The summed E-state index contributed by atoms with van der Waals surface area (Å²) >= 11 is 6.33. The third-order valence-corrected chi connectivity index (χ3v) is 7.04. The molecule has 0 amide bonds. The lowest BCUT2D eigenvalue weighted by Gasteiger charge is -2.21. The van der Waals surface area contributed by atoms with Crippen molar-refractivity contribution in [2.45, 2.75) is 12.5 Å². The smallest absolute Gasteiger partial charge is 0.248 e. The minimum absolute atomic E-state index is 0.262. The SMILES string of the molecule is CS(=O)(=O)Nc1ccc(C2=NN(c3nc(-c4ccccc4)c4cc(Cl)ccc4n3)C(c3ccco3)C2)cc1. The molecule has 0 radical (unpaired) electrons. The first-order chi connectivity index (χ1) is 18.3. The van der Waals surface area contributed by atoms with Gasteiger partial charge in [-0.25, -0.2) is 23.4 Å². The van der Waals surface area contributed by atoms with E-state index in [1.54, 1.807) is 23.4 Å². The summed E-state index contributed by atoms with van der Waals surface area (Å²) < 4.78 is 31.4. The van der Waals surface area contributed by atoms with Crippen LogP contribution < -0.4 is 9.73 Å². The third-order valence-electron chi connectivity index (χ3n) is 6.20. The Morgan fingerprint density at radius 2 is 1.74 bits per heavy atom. The van der Waals surface area contributed by atoms with E-state index in [4.69, 9.17) is 31.1 Å². The van der Waals surface area contributed by atoms with Gasteiger partial charge in [-0.2, -0.15) is 5.10 Å². The zero-order chi connectivity index (χ0) is 26.3. The number of hydrogen-bond acceptors (Lipinski definition) is 7. The first-order valence-corrected chi connectivity index (χ1v) is 14.1. The molecule has 3 aromatic carbocycles. The van der Waals surface area contributed by atoms with Crippen molar-refractivity contribution in [2.75, 3.05) is 16.0 Å². The van der Waals surface area contributed by atoms with Crippen LogP contribution in [0.5, 0.6) is 0 Å². The van der Waals surface area contributed by atoms with Crippen LogP contribution in [0.3, 0.4) is 0 Å². The van der Waals surface area contributed by atoms with Crippen LogP contribution in [0.25, 0.3) is 22.2 Å². The molecule has 6 rings (SSSR count). The van der Waals surface area contributed by atoms with Crippen LogP contribution >= 0.6 is 11.6 Å². The fourth-order valence-electron chi connectivity index (χ4n) is 4.52. The van der Waals surface area contributed by atoms with Gasteiger partial charge in [-0.15, -0.1) is 0 Å². The fourth-order valence-corrected chi connectivity index (χ4v) is 5.26. The predicted octanol–water partition coefficient (Wildman–Crippen LogP) is 6.27. The Kier molecular flexibility index (Phi) is 6.09. The molecule has 0 saturated carbocycles. The van der Waals surface area contributed by atoms with Gasteiger partial charge >= 0.3 is 0 Å². The summed E-state index contributed by atoms with van der Waals surface area (Å²) in [5.41, 5.74) is 4.59. The van der Waals surface area contributed by atoms with Crippen LogP contribution in [0.2, 0.25) is 5.02 Å². The van der Waals surface area contributed by atoms with Crippen molar-refractivity contribution < 1.29 is 12.8 Å². The number of fused-ring (bicyclic) bond motifs is 1. The number of hydrogen-bond donors (Lipinski definition) is 1. The lowest BCUT2D eigenvalue weighted by Crippen LogP contribution is -2.20. The zero-order valence-electron chi connectivity index (χ0n) is 20.2. The van der Waals surface area contributed by atoms with Gasteiger partial charge in [-0.3, -0.25) is 4.72 Å². The van der Waals surface area contributed by atoms with E-state index in [0.717, 1.165) is 45.5 Å². The van der Waals surface area contributed by atoms with Crippen LogP contribution in [-0.4, -0.2) is 30.4 Å². The van der Waals surface area contributed by atoms with Crippen LogP contribution in [-0.2, 0) is 10.0 Å². The normalized spacial score (nSPS) is 15.6. The fraction of sp³-hybridized carbons (Fsp3) is 0.107. The van der Waals surface area contributed by atoms with Crippen LogP contribution in [0.4, 0.5) is 11.6 Å². The molecule has 1 atom stereocenters. The molecule has 2 aromatic heterocycles.